The number of unbranched alkanes of at least 4 members (excludes halogenated alkanes) is 1. The zero-order valence-electron chi connectivity index (χ0n) is 12.6. The van der Waals surface area contributed by atoms with Crippen LogP contribution in [0.25, 0.3) is 10.9 Å². The SMILES string of the molecule is CCCCn1c(C)c(CCC)c2c(C(=O)O)cccc21. The molecule has 3 nitrogen and oxygen atoms in total. The fraction of sp³-hybridized carbons (Fsp3) is 0.471. The second-order valence-corrected chi connectivity index (χ2v) is 5.32. The molecule has 0 aliphatic carbocycles. The topological polar surface area (TPSA) is 42.2 Å². The Labute approximate surface area is 120 Å². The quantitative estimate of drug-likeness (QED) is 0.847. The van der Waals surface area contributed by atoms with Crippen LogP contribution in [-0.4, -0.2) is 15.6 Å². The van der Waals surface area contributed by atoms with Crippen LogP contribution in [0.5, 0.6) is 0 Å². The zero-order chi connectivity index (χ0) is 14.7. The molecule has 1 N–H and O–H groups in total. The number of hydrogen-bond acceptors (Lipinski definition) is 1. The lowest BCUT2D eigenvalue weighted by Gasteiger charge is -2.07. The predicted octanol–water partition coefficient (Wildman–Crippen LogP) is 4.40. The Morgan fingerprint density at radius 3 is 2.60 bits per heavy atom. The first-order valence-corrected chi connectivity index (χ1v) is 7.45. The van der Waals surface area contributed by atoms with Gasteiger partial charge in [0, 0.05) is 23.1 Å². The molecule has 0 radical (unpaired) electrons. The number of carbonyl (C=O) groups is 1. The molecule has 0 aliphatic rings. The number of carboxylic acids is 1. The Morgan fingerprint density at radius 2 is 2.00 bits per heavy atom. The first kappa shape index (κ1) is 14.6. The van der Waals surface area contributed by atoms with Crippen LogP contribution in [0.2, 0.25) is 0 Å². The van der Waals surface area contributed by atoms with Gasteiger partial charge in [-0.2, -0.15) is 0 Å². The van der Waals surface area contributed by atoms with E-state index in [1.54, 1.807) is 6.07 Å². The average molecular weight is 273 g/mol. The first-order valence-electron chi connectivity index (χ1n) is 7.45. The van der Waals surface area contributed by atoms with Crippen LogP contribution < -0.4 is 0 Å². The van der Waals surface area contributed by atoms with Gasteiger partial charge in [0.2, 0.25) is 0 Å². The number of aromatic carboxylic acids is 1. The number of rotatable bonds is 6. The van der Waals surface area contributed by atoms with Crippen molar-refractivity contribution in [1.29, 1.82) is 0 Å². The van der Waals surface area contributed by atoms with E-state index in [1.165, 1.54) is 11.3 Å². The van der Waals surface area contributed by atoms with Crippen LogP contribution in [0.3, 0.4) is 0 Å². The van der Waals surface area contributed by atoms with E-state index in [0.29, 0.717) is 5.56 Å². The van der Waals surface area contributed by atoms with Crippen LogP contribution in [-0.2, 0) is 13.0 Å². The second-order valence-electron chi connectivity index (χ2n) is 5.32. The van der Waals surface area contributed by atoms with Crippen LogP contribution in [0.1, 0.15) is 54.7 Å². The number of nitrogens with zero attached hydrogens (tertiary/aromatic N) is 1. The molecular weight excluding hydrogens is 250 g/mol. The van der Waals surface area contributed by atoms with E-state index in [9.17, 15) is 9.90 Å². The van der Waals surface area contributed by atoms with E-state index >= 15 is 0 Å². The number of hydrogen-bond donors (Lipinski definition) is 1. The molecule has 0 unspecified atom stereocenters. The Kier molecular flexibility index (Phi) is 4.48. The van der Waals surface area contributed by atoms with Gasteiger partial charge >= 0.3 is 5.97 Å². The van der Waals surface area contributed by atoms with E-state index in [0.717, 1.165) is 43.1 Å². The summed E-state index contributed by atoms with van der Waals surface area (Å²) in [6.45, 7) is 7.40. The highest BCUT2D eigenvalue weighted by Gasteiger charge is 2.18. The summed E-state index contributed by atoms with van der Waals surface area (Å²) in [5.41, 5.74) is 3.93. The Balaban J connectivity index is 2.72. The summed E-state index contributed by atoms with van der Waals surface area (Å²) in [4.78, 5) is 11.5. The molecule has 0 saturated carbocycles. The minimum Gasteiger partial charge on any atom is -0.478 e. The van der Waals surface area contributed by atoms with E-state index in [1.807, 2.05) is 12.1 Å². The molecule has 1 aromatic carbocycles. The molecule has 1 heterocycles. The number of fused-ring (bicyclic) bond motifs is 1. The lowest BCUT2D eigenvalue weighted by Crippen LogP contribution is -2.00. The highest BCUT2D eigenvalue weighted by Crippen LogP contribution is 2.30. The van der Waals surface area contributed by atoms with Crippen molar-refractivity contribution < 1.29 is 9.90 Å². The van der Waals surface area contributed by atoms with Gasteiger partial charge in [-0.15, -0.1) is 0 Å². The van der Waals surface area contributed by atoms with Gasteiger partial charge in [0.25, 0.3) is 0 Å². The van der Waals surface area contributed by atoms with Gasteiger partial charge in [-0.3, -0.25) is 0 Å². The van der Waals surface area contributed by atoms with Gasteiger partial charge in [0.05, 0.1) is 5.56 Å². The maximum Gasteiger partial charge on any atom is 0.336 e. The summed E-state index contributed by atoms with van der Waals surface area (Å²) < 4.78 is 2.29. The molecular formula is C17H23NO2. The van der Waals surface area contributed by atoms with Gasteiger partial charge in [0.15, 0.2) is 0 Å². The van der Waals surface area contributed by atoms with Crippen molar-refractivity contribution in [3.8, 4) is 0 Å². The summed E-state index contributed by atoms with van der Waals surface area (Å²) >= 11 is 0. The third kappa shape index (κ3) is 2.45. The Hall–Kier alpha value is -1.77. The standard InChI is InChI=1S/C17H23NO2/c1-4-6-11-18-12(3)13(8-5-2)16-14(17(19)20)9-7-10-15(16)18/h7,9-10H,4-6,8,11H2,1-3H3,(H,19,20). The maximum atomic E-state index is 11.5. The largest absolute Gasteiger partial charge is 0.478 e. The van der Waals surface area contributed by atoms with Gasteiger partial charge in [-0.1, -0.05) is 32.8 Å². The molecule has 0 amide bonds. The Bertz CT molecular complexity index is 625. The molecule has 0 aliphatic heterocycles. The van der Waals surface area contributed by atoms with Gasteiger partial charge in [0.1, 0.15) is 0 Å². The maximum absolute atomic E-state index is 11.5. The van der Waals surface area contributed by atoms with Crippen molar-refractivity contribution in [2.24, 2.45) is 0 Å². The summed E-state index contributed by atoms with van der Waals surface area (Å²) in [5.74, 6) is -0.833. The summed E-state index contributed by atoms with van der Waals surface area (Å²) in [7, 11) is 0. The van der Waals surface area contributed by atoms with Crippen molar-refractivity contribution in [2.75, 3.05) is 0 Å². The van der Waals surface area contributed by atoms with Crippen molar-refractivity contribution in [1.82, 2.24) is 4.57 Å². The zero-order valence-corrected chi connectivity index (χ0v) is 12.6. The van der Waals surface area contributed by atoms with E-state index in [-0.39, 0.29) is 0 Å². The number of aryl methyl sites for hydroxylation is 2. The molecule has 3 heteroatoms. The monoisotopic (exact) mass is 273 g/mol. The van der Waals surface area contributed by atoms with E-state index < -0.39 is 5.97 Å². The second kappa shape index (κ2) is 6.12. The van der Waals surface area contributed by atoms with E-state index in [4.69, 9.17) is 0 Å². The van der Waals surface area contributed by atoms with Crippen molar-refractivity contribution in [3.63, 3.8) is 0 Å². The fourth-order valence-electron chi connectivity index (χ4n) is 2.95. The van der Waals surface area contributed by atoms with Gasteiger partial charge in [-0.05, 0) is 37.5 Å². The summed E-state index contributed by atoms with van der Waals surface area (Å²) in [5, 5.41) is 10.4. The van der Waals surface area contributed by atoms with Crippen molar-refractivity contribution in [3.05, 3.63) is 35.0 Å². The highest BCUT2D eigenvalue weighted by molar-refractivity contribution is 6.05. The van der Waals surface area contributed by atoms with Crippen molar-refractivity contribution >= 4 is 16.9 Å². The third-order valence-electron chi connectivity index (χ3n) is 3.94. The highest BCUT2D eigenvalue weighted by atomic mass is 16.4. The summed E-state index contributed by atoms with van der Waals surface area (Å²) in [6.07, 6.45) is 4.22. The number of aromatic nitrogens is 1. The molecule has 0 fully saturated rings. The minimum atomic E-state index is -0.833. The van der Waals surface area contributed by atoms with Crippen LogP contribution in [0.4, 0.5) is 0 Å². The van der Waals surface area contributed by atoms with Crippen LogP contribution in [0.15, 0.2) is 18.2 Å². The molecule has 0 atom stereocenters. The fourth-order valence-corrected chi connectivity index (χ4v) is 2.95. The minimum absolute atomic E-state index is 0.435. The molecule has 108 valence electrons. The molecule has 0 spiro atoms. The smallest absolute Gasteiger partial charge is 0.336 e. The van der Waals surface area contributed by atoms with Crippen LogP contribution in [0, 0.1) is 6.92 Å². The Morgan fingerprint density at radius 1 is 1.25 bits per heavy atom. The van der Waals surface area contributed by atoms with Crippen LogP contribution >= 0.6 is 0 Å². The summed E-state index contributed by atoms with van der Waals surface area (Å²) in [6, 6.07) is 5.61. The lowest BCUT2D eigenvalue weighted by atomic mass is 10.0. The normalized spacial score (nSPS) is 11.2. The average Bonchev–Trinajstić information content (AvgIpc) is 2.70. The van der Waals surface area contributed by atoms with Gasteiger partial charge in [-0.25, -0.2) is 4.79 Å². The molecule has 2 rings (SSSR count). The first-order chi connectivity index (χ1) is 9.61. The number of carboxylic acid groups (broad SMARTS) is 1. The predicted molar refractivity (Wildman–Crippen MR) is 82.5 cm³/mol. The molecule has 0 bridgehead atoms. The third-order valence-corrected chi connectivity index (χ3v) is 3.94. The molecule has 20 heavy (non-hydrogen) atoms. The van der Waals surface area contributed by atoms with Crippen molar-refractivity contribution in [2.45, 2.75) is 53.0 Å². The lowest BCUT2D eigenvalue weighted by molar-refractivity contribution is 0.0699. The van der Waals surface area contributed by atoms with Gasteiger partial charge < -0.3 is 9.67 Å². The molecule has 1 aromatic heterocycles. The molecule has 2 aromatic rings. The molecule has 0 saturated heterocycles. The van der Waals surface area contributed by atoms with E-state index in [2.05, 4.69) is 25.3 Å². The number of benzene rings is 1.